The van der Waals surface area contributed by atoms with Gasteiger partial charge in [0, 0.05) is 6.42 Å². The van der Waals surface area contributed by atoms with Gasteiger partial charge in [-0.05, 0) is 78.9 Å². The molecule has 0 N–H and O–H groups in total. The van der Waals surface area contributed by atoms with Gasteiger partial charge in [-0.25, -0.2) is 4.79 Å². The van der Waals surface area contributed by atoms with Gasteiger partial charge in [0.15, 0.2) is 0 Å². The maximum atomic E-state index is 12.7. The van der Waals surface area contributed by atoms with E-state index in [0.717, 1.165) is 17.5 Å². The molecule has 0 saturated heterocycles. The number of esters is 1. The van der Waals surface area contributed by atoms with E-state index >= 15 is 0 Å². The normalized spacial score (nSPS) is 10.6. The topological polar surface area (TPSA) is 35.5 Å². The number of ether oxygens (including phenoxy) is 2. The third-order valence-corrected chi connectivity index (χ3v) is 6.14. The molecule has 0 amide bonds. The average molecular weight is 552 g/mol. The van der Waals surface area contributed by atoms with E-state index < -0.39 is 5.97 Å². The molecule has 0 atom stereocenters. The molecule has 5 heteroatoms. The van der Waals surface area contributed by atoms with E-state index in [9.17, 15) is 4.79 Å². The van der Waals surface area contributed by atoms with Crippen molar-refractivity contribution in [1.29, 1.82) is 0 Å². The second kappa shape index (κ2) is 10.6. The Kier molecular flexibility index (Phi) is 7.40. The Morgan fingerprint density at radius 3 is 2.03 bits per heavy atom. The first-order valence-corrected chi connectivity index (χ1v) is 11.7. The number of benzene rings is 4. The number of carbonyl (C=O) groups excluding carboxylic acids is 1. The molecule has 0 unspecified atom stereocenters. The first kappa shape index (κ1) is 22.3. The van der Waals surface area contributed by atoms with E-state index in [1.165, 1.54) is 5.56 Å². The van der Waals surface area contributed by atoms with Crippen molar-refractivity contribution in [2.75, 3.05) is 6.61 Å². The average Bonchev–Trinajstić information content (AvgIpc) is 2.82. The highest BCUT2D eigenvalue weighted by Gasteiger charge is 2.14. The highest BCUT2D eigenvalue weighted by atomic mass is 79.9. The van der Waals surface area contributed by atoms with E-state index in [1.807, 2.05) is 60.7 Å². The van der Waals surface area contributed by atoms with Gasteiger partial charge in [-0.3, -0.25) is 0 Å². The van der Waals surface area contributed by atoms with Crippen molar-refractivity contribution in [3.63, 3.8) is 0 Å². The van der Waals surface area contributed by atoms with Gasteiger partial charge in [0.1, 0.15) is 11.5 Å². The zero-order valence-corrected chi connectivity index (χ0v) is 20.3. The monoisotopic (exact) mass is 550 g/mol. The van der Waals surface area contributed by atoms with Crippen LogP contribution in [-0.2, 0) is 6.42 Å². The highest BCUT2D eigenvalue weighted by Crippen LogP contribution is 2.32. The van der Waals surface area contributed by atoms with Crippen molar-refractivity contribution in [3.8, 4) is 22.6 Å². The summed E-state index contributed by atoms with van der Waals surface area (Å²) in [5.74, 6) is 0.717. The maximum Gasteiger partial charge on any atom is 0.343 e. The number of halogens is 2. The molecule has 0 aliphatic heterocycles. The fourth-order valence-electron chi connectivity index (χ4n) is 3.22. The third kappa shape index (κ3) is 5.67. The Bertz CT molecular complexity index is 1210. The largest absolute Gasteiger partial charge is 0.492 e. The van der Waals surface area contributed by atoms with Gasteiger partial charge >= 0.3 is 5.97 Å². The molecule has 4 rings (SSSR count). The van der Waals surface area contributed by atoms with Gasteiger partial charge in [0.05, 0.1) is 21.1 Å². The van der Waals surface area contributed by atoms with Crippen molar-refractivity contribution in [2.24, 2.45) is 0 Å². The van der Waals surface area contributed by atoms with Crippen molar-refractivity contribution in [3.05, 3.63) is 117 Å². The molecule has 0 bridgehead atoms. The van der Waals surface area contributed by atoms with Gasteiger partial charge in [0.25, 0.3) is 0 Å². The number of hydrogen-bond donors (Lipinski definition) is 0. The fourth-order valence-corrected chi connectivity index (χ4v) is 4.17. The number of rotatable bonds is 7. The quantitative estimate of drug-likeness (QED) is 0.174. The first-order chi connectivity index (χ1) is 15.6. The van der Waals surface area contributed by atoms with Crippen molar-refractivity contribution in [2.45, 2.75) is 6.42 Å². The molecule has 0 aliphatic rings. The predicted molar refractivity (Wildman–Crippen MR) is 134 cm³/mol. The van der Waals surface area contributed by atoms with Crippen LogP contribution in [-0.4, -0.2) is 12.6 Å². The highest BCUT2D eigenvalue weighted by molar-refractivity contribution is 9.10. The number of hydrogen-bond acceptors (Lipinski definition) is 3. The lowest BCUT2D eigenvalue weighted by atomic mass is 10.1. The van der Waals surface area contributed by atoms with Crippen LogP contribution < -0.4 is 9.47 Å². The summed E-state index contributed by atoms with van der Waals surface area (Å²) in [5.41, 5.74) is 3.79. The third-order valence-electron chi connectivity index (χ3n) is 4.90. The molecule has 0 heterocycles. The lowest BCUT2D eigenvalue weighted by Gasteiger charge is -2.11. The van der Waals surface area contributed by atoms with Gasteiger partial charge in [-0.2, -0.15) is 0 Å². The molecule has 0 radical (unpaired) electrons. The van der Waals surface area contributed by atoms with E-state index in [-0.39, 0.29) is 0 Å². The summed E-state index contributed by atoms with van der Waals surface area (Å²) in [7, 11) is 0. The molecular weight excluding hydrogens is 532 g/mol. The number of carbonyl (C=O) groups is 1. The van der Waals surface area contributed by atoms with Gasteiger partial charge < -0.3 is 9.47 Å². The van der Waals surface area contributed by atoms with Crippen LogP contribution >= 0.6 is 31.9 Å². The Morgan fingerprint density at radius 1 is 0.688 bits per heavy atom. The Balaban J connectivity index is 1.39. The lowest BCUT2D eigenvalue weighted by molar-refractivity contribution is 0.0733. The van der Waals surface area contributed by atoms with Crippen molar-refractivity contribution >= 4 is 37.8 Å². The SMILES string of the molecule is O=C(Oc1ccc(-c2ccccc2)cc1Br)c1ccc(OCCc2ccccc2)c(Br)c1. The molecule has 0 aliphatic carbocycles. The zero-order valence-electron chi connectivity index (χ0n) is 17.1. The zero-order chi connectivity index (χ0) is 22.3. The summed E-state index contributed by atoms with van der Waals surface area (Å²) in [6, 6.07) is 31.1. The molecule has 0 spiro atoms. The summed E-state index contributed by atoms with van der Waals surface area (Å²) >= 11 is 7.01. The van der Waals surface area contributed by atoms with Crippen LogP contribution in [0.5, 0.6) is 11.5 Å². The molecule has 3 nitrogen and oxygen atoms in total. The summed E-state index contributed by atoms with van der Waals surface area (Å²) in [6.45, 7) is 0.549. The van der Waals surface area contributed by atoms with E-state index in [4.69, 9.17) is 9.47 Å². The smallest absolute Gasteiger partial charge is 0.343 e. The van der Waals surface area contributed by atoms with Gasteiger partial charge in [0.2, 0.25) is 0 Å². The molecule has 0 saturated carbocycles. The van der Waals surface area contributed by atoms with Crippen LogP contribution in [0.3, 0.4) is 0 Å². The molecule has 32 heavy (non-hydrogen) atoms. The van der Waals surface area contributed by atoms with Crippen LogP contribution in [0, 0.1) is 0 Å². The Hall–Kier alpha value is -2.89. The van der Waals surface area contributed by atoms with Crippen molar-refractivity contribution in [1.82, 2.24) is 0 Å². The van der Waals surface area contributed by atoms with E-state index in [0.29, 0.717) is 32.6 Å². The summed E-state index contributed by atoms with van der Waals surface area (Å²) in [6.07, 6.45) is 0.810. The van der Waals surface area contributed by atoms with Crippen LogP contribution in [0.4, 0.5) is 0 Å². The second-order valence-corrected chi connectivity index (χ2v) is 8.84. The van der Waals surface area contributed by atoms with Gasteiger partial charge in [-0.15, -0.1) is 0 Å². The lowest BCUT2D eigenvalue weighted by Crippen LogP contribution is -2.09. The maximum absolute atomic E-state index is 12.7. The molecule has 4 aromatic rings. The summed E-state index contributed by atoms with van der Waals surface area (Å²) in [5, 5.41) is 0. The van der Waals surface area contributed by atoms with Crippen LogP contribution in [0.1, 0.15) is 15.9 Å². The van der Waals surface area contributed by atoms with Crippen LogP contribution in [0.25, 0.3) is 11.1 Å². The van der Waals surface area contributed by atoms with Crippen LogP contribution in [0.15, 0.2) is 106 Å². The summed E-state index contributed by atoms with van der Waals surface area (Å²) in [4.78, 5) is 12.7. The standard InChI is InChI=1S/C27H20Br2O3/c28-23-18-22(12-13-25(23)31-16-15-19-7-3-1-4-8-19)27(30)32-26-14-11-21(17-24(26)29)20-9-5-2-6-10-20/h1-14,17-18H,15-16H2. The minimum atomic E-state index is -0.435. The second-order valence-electron chi connectivity index (χ2n) is 7.13. The molecule has 0 aromatic heterocycles. The Morgan fingerprint density at radius 2 is 1.34 bits per heavy atom. The van der Waals surface area contributed by atoms with E-state index in [2.05, 4.69) is 44.0 Å². The fraction of sp³-hybridized carbons (Fsp3) is 0.0741. The Labute approximate surface area is 204 Å². The summed E-state index contributed by atoms with van der Waals surface area (Å²) < 4.78 is 12.9. The molecule has 160 valence electrons. The minimum Gasteiger partial charge on any atom is -0.492 e. The van der Waals surface area contributed by atoms with E-state index in [1.54, 1.807) is 24.3 Å². The molecule has 0 fully saturated rings. The van der Waals surface area contributed by atoms with Gasteiger partial charge in [-0.1, -0.05) is 66.7 Å². The minimum absolute atomic E-state index is 0.435. The van der Waals surface area contributed by atoms with Crippen molar-refractivity contribution < 1.29 is 14.3 Å². The molecular formula is C27H20Br2O3. The predicted octanol–water partition coefficient (Wildman–Crippen LogP) is 7.72. The molecule has 4 aromatic carbocycles. The first-order valence-electron chi connectivity index (χ1n) is 10.1. The van der Waals surface area contributed by atoms with Crippen LogP contribution in [0.2, 0.25) is 0 Å².